The van der Waals surface area contributed by atoms with Gasteiger partial charge in [-0.25, -0.2) is 9.13 Å². The number of amides is 2. The third kappa shape index (κ3) is 13.2. The van der Waals surface area contributed by atoms with E-state index >= 15 is 0 Å². The van der Waals surface area contributed by atoms with E-state index in [0.29, 0.717) is 47.9 Å². The third-order valence-electron chi connectivity index (χ3n) is 9.76. The summed E-state index contributed by atoms with van der Waals surface area (Å²) >= 11 is 0. The summed E-state index contributed by atoms with van der Waals surface area (Å²) < 4.78 is 54.3. The van der Waals surface area contributed by atoms with Gasteiger partial charge in [-0.2, -0.15) is 0 Å². The van der Waals surface area contributed by atoms with E-state index in [1.165, 1.54) is 0 Å². The van der Waals surface area contributed by atoms with Crippen molar-refractivity contribution in [1.29, 1.82) is 10.8 Å². The lowest BCUT2D eigenvalue weighted by Gasteiger charge is -2.28. The average Bonchev–Trinajstić information content (AvgIpc) is 3.30. The van der Waals surface area contributed by atoms with Crippen molar-refractivity contribution >= 4 is 38.7 Å². The molecule has 2 amide bonds. The van der Waals surface area contributed by atoms with Crippen LogP contribution >= 0.6 is 15.2 Å². The molecule has 14 nitrogen and oxygen atoms in total. The van der Waals surface area contributed by atoms with Crippen LogP contribution in [0, 0.1) is 10.8 Å². The Bertz CT molecular complexity index is 2300. The van der Waals surface area contributed by atoms with Crippen molar-refractivity contribution in [3.05, 3.63) is 192 Å². The van der Waals surface area contributed by atoms with E-state index in [1.54, 1.807) is 170 Å². The number of nitrogens with one attached hydrogen (secondary N) is 4. The van der Waals surface area contributed by atoms with E-state index in [9.17, 15) is 18.7 Å². The second-order valence-electron chi connectivity index (χ2n) is 14.6. The summed E-state index contributed by atoms with van der Waals surface area (Å²) in [5.74, 6) is -2.50. The molecule has 0 aliphatic rings. The van der Waals surface area contributed by atoms with Crippen LogP contribution in [0.15, 0.2) is 170 Å². The molecule has 330 valence electrons. The minimum absolute atomic E-state index is 0.0695. The van der Waals surface area contributed by atoms with Crippen molar-refractivity contribution < 1.29 is 36.8 Å². The topological polar surface area (TPSA) is 229 Å². The lowest BCUT2D eigenvalue weighted by atomic mass is 10.1. The van der Waals surface area contributed by atoms with Gasteiger partial charge in [-0.3, -0.25) is 20.4 Å². The molecule has 0 spiro atoms. The fraction of sp³-hybridized carbons (Fsp3) is 0.167. The molecule has 6 rings (SSSR count). The van der Waals surface area contributed by atoms with Crippen molar-refractivity contribution in [1.82, 2.24) is 10.6 Å². The minimum Gasteiger partial charge on any atom is -0.414 e. The van der Waals surface area contributed by atoms with Gasteiger partial charge in [0, 0.05) is 24.0 Å². The number of carbonyl (C=O) groups excluding carboxylic acids is 2. The molecule has 0 aliphatic carbocycles. The van der Waals surface area contributed by atoms with Crippen molar-refractivity contribution in [3.63, 3.8) is 0 Å². The molecule has 2 atom stereocenters. The highest BCUT2D eigenvalue weighted by molar-refractivity contribution is 7.55. The van der Waals surface area contributed by atoms with Crippen molar-refractivity contribution in [2.45, 2.75) is 50.1 Å². The minimum atomic E-state index is -4.26. The van der Waals surface area contributed by atoms with Gasteiger partial charge in [0.1, 0.15) is 34.7 Å². The Morgan fingerprint density at radius 1 is 0.438 bits per heavy atom. The summed E-state index contributed by atoms with van der Waals surface area (Å²) in [5.41, 5.74) is 13.1. The second-order valence-corrected chi connectivity index (χ2v) is 18.5. The summed E-state index contributed by atoms with van der Waals surface area (Å²) in [6, 6.07) is 47.0. The largest absolute Gasteiger partial charge is 0.457 e. The molecule has 64 heavy (non-hydrogen) atoms. The first-order valence-electron chi connectivity index (χ1n) is 20.6. The second kappa shape index (κ2) is 22.3. The van der Waals surface area contributed by atoms with Gasteiger partial charge in [0.2, 0.25) is 11.8 Å². The zero-order valence-corrected chi connectivity index (χ0v) is 36.7. The van der Waals surface area contributed by atoms with E-state index in [0.717, 1.165) is 0 Å². The number of unbranched alkanes of at least 4 members (excludes halogenated alkanes) is 3. The van der Waals surface area contributed by atoms with E-state index in [1.807, 2.05) is 0 Å². The van der Waals surface area contributed by atoms with Gasteiger partial charge in [0.05, 0.1) is 0 Å². The van der Waals surface area contributed by atoms with Gasteiger partial charge in [0.25, 0.3) is 0 Å². The maximum absolute atomic E-state index is 14.9. The summed E-state index contributed by atoms with van der Waals surface area (Å²) in [6.07, 6.45) is 2.20. The Balaban J connectivity index is 1.11. The number of carbonyl (C=O) groups is 2. The quantitative estimate of drug-likeness (QED) is 0.0154. The zero-order valence-electron chi connectivity index (χ0n) is 34.9. The van der Waals surface area contributed by atoms with Crippen molar-refractivity contribution in [2.75, 3.05) is 0 Å². The van der Waals surface area contributed by atoms with Gasteiger partial charge >= 0.3 is 15.2 Å². The van der Waals surface area contributed by atoms with Crippen LogP contribution in [0.1, 0.15) is 72.3 Å². The first-order chi connectivity index (χ1) is 30.9. The van der Waals surface area contributed by atoms with Crippen LogP contribution in [0.25, 0.3) is 0 Å². The van der Waals surface area contributed by atoms with E-state index in [-0.39, 0.29) is 47.5 Å². The predicted molar refractivity (Wildman–Crippen MR) is 248 cm³/mol. The van der Waals surface area contributed by atoms with E-state index in [4.69, 9.17) is 40.4 Å². The Hall–Kier alpha value is -7.14. The molecule has 0 radical (unpaired) electrons. The maximum Gasteiger partial charge on any atom is 0.457 e. The predicted octanol–water partition coefficient (Wildman–Crippen LogP) is 10.2. The zero-order chi connectivity index (χ0) is 45.4. The molecule has 0 heterocycles. The maximum atomic E-state index is 14.9. The van der Waals surface area contributed by atoms with Crippen LogP contribution in [0.3, 0.4) is 0 Å². The van der Waals surface area contributed by atoms with Gasteiger partial charge in [0.15, 0.2) is 11.6 Å². The van der Waals surface area contributed by atoms with Crippen molar-refractivity contribution in [2.24, 2.45) is 11.5 Å². The number of benzene rings is 6. The first-order valence-corrected chi connectivity index (χ1v) is 23.8. The van der Waals surface area contributed by atoms with Crippen molar-refractivity contribution in [3.8, 4) is 23.0 Å². The van der Waals surface area contributed by atoms with Crippen LogP contribution in [0.4, 0.5) is 0 Å². The Kier molecular flexibility index (Phi) is 16.1. The highest BCUT2D eigenvalue weighted by Crippen LogP contribution is 2.60. The molecule has 0 aliphatic heterocycles. The Morgan fingerprint density at radius 3 is 0.953 bits per heavy atom. The number of amidine groups is 2. The van der Waals surface area contributed by atoms with Gasteiger partial charge in [-0.1, -0.05) is 134 Å². The third-order valence-corrected chi connectivity index (χ3v) is 13.7. The summed E-state index contributed by atoms with van der Waals surface area (Å²) in [7, 11) is -8.51. The number of para-hydroxylation sites is 4. The highest BCUT2D eigenvalue weighted by atomic mass is 31.2. The number of rotatable bonds is 23. The normalized spacial score (nSPS) is 12.2. The molecule has 0 fully saturated rings. The molecular formula is C48H50N6O8P2. The van der Waals surface area contributed by atoms with Crippen LogP contribution in [-0.4, -0.2) is 23.5 Å². The highest BCUT2D eigenvalue weighted by Gasteiger charge is 2.43. The molecule has 6 aromatic rings. The fourth-order valence-electron chi connectivity index (χ4n) is 6.52. The van der Waals surface area contributed by atoms with Crippen LogP contribution in [0.2, 0.25) is 0 Å². The average molecular weight is 901 g/mol. The molecule has 0 aromatic heterocycles. The molecule has 8 N–H and O–H groups in total. The Morgan fingerprint density at radius 2 is 0.703 bits per heavy atom. The summed E-state index contributed by atoms with van der Waals surface area (Å²) in [6.45, 7) is 0. The molecule has 0 bridgehead atoms. The van der Waals surface area contributed by atoms with Crippen LogP contribution in [0.5, 0.6) is 23.0 Å². The molecular weight excluding hydrogens is 851 g/mol. The molecule has 0 saturated heterocycles. The first kappa shape index (κ1) is 46.4. The number of hydrogen-bond donors (Lipinski definition) is 6. The number of nitrogens with two attached hydrogens (primary N) is 2. The molecule has 16 heteroatoms. The van der Waals surface area contributed by atoms with E-state index in [2.05, 4.69) is 10.6 Å². The lowest BCUT2D eigenvalue weighted by Crippen LogP contribution is -2.31. The molecule has 2 unspecified atom stereocenters. The van der Waals surface area contributed by atoms with Gasteiger partial charge < -0.3 is 40.2 Å². The summed E-state index contributed by atoms with van der Waals surface area (Å²) in [5, 5.41) is 21.5. The van der Waals surface area contributed by atoms with Crippen LogP contribution < -0.4 is 40.2 Å². The summed E-state index contributed by atoms with van der Waals surface area (Å²) in [4.78, 5) is 27.3. The van der Waals surface area contributed by atoms with Gasteiger partial charge in [-0.05, 0) is 72.5 Å². The SMILES string of the molecule is N=C(N)c1ccc(C(NC(=O)CCCCCCC(=O)NC(c2ccc(C(=N)N)cc2)P(=O)(Oc2ccccc2)Oc2ccccc2)P(=O)(Oc2ccccc2)Oc2ccccc2)cc1. The van der Waals surface area contributed by atoms with E-state index < -0.39 is 38.6 Å². The fourth-order valence-corrected chi connectivity index (χ4v) is 10.4. The van der Waals surface area contributed by atoms with Crippen LogP contribution in [-0.2, 0) is 18.7 Å². The molecule has 6 aromatic carbocycles. The monoisotopic (exact) mass is 900 g/mol. The number of nitrogen functional groups attached to an aromatic ring is 2. The smallest absolute Gasteiger partial charge is 0.414 e. The molecule has 0 saturated carbocycles. The number of hydrogen-bond acceptors (Lipinski definition) is 10. The Labute approximate surface area is 372 Å². The standard InChI is InChI=1S/C48H50N6O8P2/c49-45(50)35-27-31-37(32-28-35)47(63(57,59-39-17-7-3-8-18-39)60-40-19-9-4-10-20-40)53-43(55)25-15-1-2-16-26-44(56)54-48(38-33-29-36(30-34-38)46(51)52)64(58,61-41-21-11-5-12-22-41)62-42-23-13-6-14-24-42/h3-14,17-24,27-34,47-48H,1-2,15-16,25-26H2,(H3,49,50)(H3,51,52)(H,53,55)(H,54,56). The van der Waals surface area contributed by atoms with Gasteiger partial charge in [-0.15, -0.1) is 0 Å². The lowest BCUT2D eigenvalue weighted by molar-refractivity contribution is -0.122.